The first kappa shape index (κ1) is 22.2. The van der Waals surface area contributed by atoms with E-state index in [1.807, 2.05) is 0 Å². The molecule has 0 aromatic carbocycles. The lowest BCUT2D eigenvalue weighted by atomic mass is 9.64. The Kier molecular flexibility index (Phi) is 8.72. The highest BCUT2D eigenvalue weighted by Crippen LogP contribution is 2.45. The smallest absolute Gasteiger partial charge is 0.309 e. The number of carbonyl (C=O) groups excluding carboxylic acids is 1. The van der Waals surface area contributed by atoms with Crippen molar-refractivity contribution in [3.63, 3.8) is 0 Å². The highest BCUT2D eigenvalue weighted by atomic mass is 16.5. The van der Waals surface area contributed by atoms with Crippen LogP contribution in [-0.2, 0) is 9.53 Å². The van der Waals surface area contributed by atoms with Crippen molar-refractivity contribution in [3.8, 4) is 0 Å². The van der Waals surface area contributed by atoms with Gasteiger partial charge in [0.05, 0.1) is 5.92 Å². The van der Waals surface area contributed by atoms with Crippen molar-refractivity contribution in [1.29, 1.82) is 0 Å². The zero-order valence-electron chi connectivity index (χ0n) is 19.0. The molecule has 3 fully saturated rings. The second-order valence-electron chi connectivity index (χ2n) is 10.6. The van der Waals surface area contributed by atoms with Gasteiger partial charge in [-0.25, -0.2) is 0 Å². The molecule has 0 amide bonds. The molecule has 0 aromatic heterocycles. The summed E-state index contributed by atoms with van der Waals surface area (Å²) >= 11 is 0. The number of esters is 1. The normalized spacial score (nSPS) is 39.5. The molecule has 0 heterocycles. The number of ether oxygens (including phenoxy) is 1. The van der Waals surface area contributed by atoms with Crippen LogP contribution in [0, 0.1) is 35.5 Å². The molecule has 0 aliphatic heterocycles. The summed E-state index contributed by atoms with van der Waals surface area (Å²) in [6.45, 7) is 7.12. The van der Waals surface area contributed by atoms with Gasteiger partial charge in [0.2, 0.25) is 0 Å². The minimum atomic E-state index is 0.137. The molecule has 3 aliphatic carbocycles. The standard InChI is InChI=1S/C26H46O2/c1-4-6-7-21-8-15-24(16-9-21)28-26(27)23-13-11-22(12-14-23)25-17-10-20(5-2)18-19(25)3/h19-25H,4-18H2,1-3H3/t19?,20?,21-,22-,23-,24-,25?. The van der Waals surface area contributed by atoms with Gasteiger partial charge >= 0.3 is 5.97 Å². The van der Waals surface area contributed by atoms with Crippen molar-refractivity contribution in [1.82, 2.24) is 0 Å². The van der Waals surface area contributed by atoms with Gasteiger partial charge in [0.25, 0.3) is 0 Å². The molecule has 2 nitrogen and oxygen atoms in total. The molecule has 3 saturated carbocycles. The second-order valence-corrected chi connectivity index (χ2v) is 10.6. The fourth-order valence-corrected chi connectivity index (χ4v) is 6.68. The zero-order chi connectivity index (χ0) is 19.9. The van der Waals surface area contributed by atoms with Gasteiger partial charge in [0.15, 0.2) is 0 Å². The molecule has 162 valence electrons. The van der Waals surface area contributed by atoms with Crippen molar-refractivity contribution in [2.24, 2.45) is 35.5 Å². The predicted octanol–water partition coefficient (Wildman–Crippen LogP) is 7.55. The molecule has 0 aromatic rings. The van der Waals surface area contributed by atoms with E-state index < -0.39 is 0 Å². The van der Waals surface area contributed by atoms with E-state index in [-0.39, 0.29) is 18.0 Å². The molecular formula is C26H46O2. The highest BCUT2D eigenvalue weighted by molar-refractivity contribution is 5.72. The molecule has 3 atom stereocenters. The lowest BCUT2D eigenvalue weighted by molar-refractivity contribution is -0.157. The van der Waals surface area contributed by atoms with Crippen molar-refractivity contribution >= 4 is 5.97 Å². The van der Waals surface area contributed by atoms with Crippen LogP contribution in [0.25, 0.3) is 0 Å². The molecule has 3 unspecified atom stereocenters. The first-order valence-electron chi connectivity index (χ1n) is 12.8. The van der Waals surface area contributed by atoms with Crippen LogP contribution in [0.4, 0.5) is 0 Å². The van der Waals surface area contributed by atoms with Gasteiger partial charge in [-0.2, -0.15) is 0 Å². The second kappa shape index (κ2) is 11.0. The summed E-state index contributed by atoms with van der Waals surface area (Å²) in [6, 6.07) is 0. The molecular weight excluding hydrogens is 344 g/mol. The number of rotatable bonds is 7. The molecule has 0 spiro atoms. The monoisotopic (exact) mass is 390 g/mol. The Bertz CT molecular complexity index is 457. The van der Waals surface area contributed by atoms with Crippen LogP contribution >= 0.6 is 0 Å². The summed E-state index contributed by atoms with van der Waals surface area (Å²) < 4.78 is 5.98. The summed E-state index contributed by atoms with van der Waals surface area (Å²) in [4.78, 5) is 12.7. The van der Waals surface area contributed by atoms with Crippen LogP contribution < -0.4 is 0 Å². The van der Waals surface area contributed by atoms with Crippen LogP contribution in [0.2, 0.25) is 0 Å². The van der Waals surface area contributed by atoms with Crippen LogP contribution in [0.15, 0.2) is 0 Å². The Labute approximate surface area is 174 Å². The van der Waals surface area contributed by atoms with E-state index in [9.17, 15) is 4.79 Å². The highest BCUT2D eigenvalue weighted by Gasteiger charge is 2.37. The van der Waals surface area contributed by atoms with Gasteiger partial charge in [-0.15, -0.1) is 0 Å². The maximum absolute atomic E-state index is 12.7. The fraction of sp³-hybridized carbons (Fsp3) is 0.962. The lowest BCUT2D eigenvalue weighted by Gasteiger charge is -2.41. The maximum atomic E-state index is 12.7. The van der Waals surface area contributed by atoms with Gasteiger partial charge in [-0.3, -0.25) is 4.79 Å². The Morgan fingerprint density at radius 2 is 1.54 bits per heavy atom. The van der Waals surface area contributed by atoms with E-state index in [1.165, 1.54) is 70.6 Å². The SMILES string of the molecule is CCCC[C@H]1CC[C@H](OC(=O)[C@H]2CC[C@H](C3CCC(CC)CC3C)CC2)CC1. The molecule has 3 aliphatic rings. The summed E-state index contributed by atoms with van der Waals surface area (Å²) in [7, 11) is 0. The van der Waals surface area contributed by atoms with E-state index in [0.29, 0.717) is 0 Å². The predicted molar refractivity (Wildman–Crippen MR) is 117 cm³/mol. The van der Waals surface area contributed by atoms with Crippen molar-refractivity contribution in [2.45, 2.75) is 123 Å². The minimum Gasteiger partial charge on any atom is -0.462 e. The van der Waals surface area contributed by atoms with Crippen molar-refractivity contribution < 1.29 is 9.53 Å². The molecule has 28 heavy (non-hydrogen) atoms. The Balaban J connectivity index is 1.36. The third-order valence-corrected chi connectivity index (χ3v) is 8.67. The Morgan fingerprint density at radius 3 is 2.14 bits per heavy atom. The average molecular weight is 391 g/mol. The quantitative estimate of drug-likeness (QED) is 0.419. The number of carbonyl (C=O) groups is 1. The van der Waals surface area contributed by atoms with E-state index in [2.05, 4.69) is 20.8 Å². The van der Waals surface area contributed by atoms with Crippen LogP contribution in [0.1, 0.15) is 117 Å². The number of unbranched alkanes of at least 4 members (excludes halogenated alkanes) is 1. The van der Waals surface area contributed by atoms with Gasteiger partial charge < -0.3 is 4.74 Å². The lowest BCUT2D eigenvalue weighted by Crippen LogP contribution is -2.34. The molecule has 0 N–H and O–H groups in total. The summed E-state index contributed by atoms with van der Waals surface area (Å²) in [5.74, 6) is 4.85. The summed E-state index contributed by atoms with van der Waals surface area (Å²) in [5.41, 5.74) is 0. The van der Waals surface area contributed by atoms with Crippen LogP contribution in [0.3, 0.4) is 0 Å². The third-order valence-electron chi connectivity index (χ3n) is 8.67. The molecule has 2 heteroatoms. The average Bonchev–Trinajstić information content (AvgIpc) is 2.73. The van der Waals surface area contributed by atoms with E-state index in [1.54, 1.807) is 0 Å². The van der Waals surface area contributed by atoms with Gasteiger partial charge in [0, 0.05) is 0 Å². The Hall–Kier alpha value is -0.530. The number of hydrogen-bond donors (Lipinski definition) is 0. The van der Waals surface area contributed by atoms with E-state index in [0.717, 1.165) is 55.3 Å². The van der Waals surface area contributed by atoms with Gasteiger partial charge in [-0.05, 0) is 93.8 Å². The van der Waals surface area contributed by atoms with Gasteiger partial charge in [-0.1, -0.05) is 52.9 Å². The summed E-state index contributed by atoms with van der Waals surface area (Å²) in [5, 5.41) is 0. The van der Waals surface area contributed by atoms with E-state index >= 15 is 0 Å². The van der Waals surface area contributed by atoms with Gasteiger partial charge in [0.1, 0.15) is 6.10 Å². The molecule has 0 bridgehead atoms. The van der Waals surface area contributed by atoms with Crippen LogP contribution in [-0.4, -0.2) is 12.1 Å². The molecule has 3 rings (SSSR count). The first-order valence-corrected chi connectivity index (χ1v) is 12.8. The molecule has 0 radical (unpaired) electrons. The van der Waals surface area contributed by atoms with Crippen molar-refractivity contribution in [3.05, 3.63) is 0 Å². The zero-order valence-corrected chi connectivity index (χ0v) is 19.0. The summed E-state index contributed by atoms with van der Waals surface area (Å²) in [6.07, 6.45) is 19.3. The largest absolute Gasteiger partial charge is 0.462 e. The fourth-order valence-electron chi connectivity index (χ4n) is 6.68. The third kappa shape index (κ3) is 5.99. The van der Waals surface area contributed by atoms with Crippen LogP contribution in [0.5, 0.6) is 0 Å². The maximum Gasteiger partial charge on any atom is 0.309 e. The first-order chi connectivity index (χ1) is 13.6. The Morgan fingerprint density at radius 1 is 0.857 bits per heavy atom. The topological polar surface area (TPSA) is 26.3 Å². The van der Waals surface area contributed by atoms with Crippen molar-refractivity contribution in [2.75, 3.05) is 0 Å². The van der Waals surface area contributed by atoms with E-state index in [4.69, 9.17) is 4.74 Å². The number of hydrogen-bond acceptors (Lipinski definition) is 2. The molecule has 0 saturated heterocycles. The minimum absolute atomic E-state index is 0.137.